The van der Waals surface area contributed by atoms with Crippen molar-refractivity contribution in [2.24, 2.45) is 11.8 Å². The molecule has 1 saturated carbocycles. The molecule has 29 heavy (non-hydrogen) atoms. The lowest BCUT2D eigenvalue weighted by Crippen LogP contribution is -2.10. The van der Waals surface area contributed by atoms with E-state index in [1.54, 1.807) is 0 Å². The van der Waals surface area contributed by atoms with Crippen LogP contribution < -0.4 is 0 Å². The Morgan fingerprint density at radius 2 is 1.83 bits per heavy atom. The summed E-state index contributed by atoms with van der Waals surface area (Å²) in [4.78, 5) is 22.1. The molecule has 2 atom stereocenters. The van der Waals surface area contributed by atoms with Crippen molar-refractivity contribution < 1.29 is 14.3 Å². The number of esters is 1. The van der Waals surface area contributed by atoms with Crippen molar-refractivity contribution in [1.82, 2.24) is 0 Å². The van der Waals surface area contributed by atoms with Gasteiger partial charge in [-0.1, -0.05) is 70.9 Å². The van der Waals surface area contributed by atoms with E-state index in [-0.39, 0.29) is 12.1 Å². The number of unbranched alkanes of at least 4 members (excludes halogenated alkanes) is 5. The number of hydrogen-bond acceptors (Lipinski definition) is 3. The van der Waals surface area contributed by atoms with Crippen molar-refractivity contribution in [2.75, 3.05) is 0 Å². The van der Waals surface area contributed by atoms with Gasteiger partial charge in [-0.3, -0.25) is 9.59 Å². The van der Waals surface area contributed by atoms with Crippen molar-refractivity contribution in [3.63, 3.8) is 0 Å². The summed E-state index contributed by atoms with van der Waals surface area (Å²) < 4.78 is 4.97. The lowest BCUT2D eigenvalue weighted by Gasteiger charge is -2.14. The molecule has 0 spiro atoms. The Balaban J connectivity index is 0.000000578. The van der Waals surface area contributed by atoms with Crippen molar-refractivity contribution in [3.05, 3.63) is 12.2 Å². The summed E-state index contributed by atoms with van der Waals surface area (Å²) in [5, 5.41) is 0. The Labute approximate surface area is 181 Å². The number of carbonyl (C=O) groups is 2. The molecular weight excluding hydrogens is 360 g/mol. The number of allylic oxidation sites excluding steroid dienone is 2. The SMILES string of the molecule is C/C=C\CCCC(=O)OC(C)C.CCCCCCCC(C)CC[C@H]1CCC(=O)C1. The van der Waals surface area contributed by atoms with Gasteiger partial charge < -0.3 is 4.74 Å². The fourth-order valence-corrected chi connectivity index (χ4v) is 3.75. The molecule has 1 aliphatic rings. The molecule has 0 heterocycles. The first-order chi connectivity index (χ1) is 13.9. The van der Waals surface area contributed by atoms with Crippen LogP contribution in [0.5, 0.6) is 0 Å². The van der Waals surface area contributed by atoms with Gasteiger partial charge in [0.15, 0.2) is 0 Å². The van der Waals surface area contributed by atoms with E-state index in [2.05, 4.69) is 19.9 Å². The van der Waals surface area contributed by atoms with Crippen LogP contribution in [0, 0.1) is 11.8 Å². The molecular formula is C26H48O3. The van der Waals surface area contributed by atoms with Crippen molar-refractivity contribution in [2.45, 2.75) is 131 Å². The highest BCUT2D eigenvalue weighted by atomic mass is 16.5. The summed E-state index contributed by atoms with van der Waals surface area (Å²) in [7, 11) is 0. The zero-order chi connectivity index (χ0) is 21.9. The molecule has 0 aromatic rings. The molecule has 0 amide bonds. The molecule has 1 aliphatic carbocycles. The van der Waals surface area contributed by atoms with Crippen LogP contribution in [0.4, 0.5) is 0 Å². The quantitative estimate of drug-likeness (QED) is 0.167. The lowest BCUT2D eigenvalue weighted by molar-refractivity contribution is -0.147. The molecule has 170 valence electrons. The van der Waals surface area contributed by atoms with Crippen LogP contribution >= 0.6 is 0 Å². The first-order valence-electron chi connectivity index (χ1n) is 12.2. The van der Waals surface area contributed by atoms with E-state index in [4.69, 9.17) is 4.74 Å². The summed E-state index contributed by atoms with van der Waals surface area (Å²) in [6, 6.07) is 0. The number of hydrogen-bond donors (Lipinski definition) is 0. The fourth-order valence-electron chi connectivity index (χ4n) is 3.75. The van der Waals surface area contributed by atoms with Gasteiger partial charge in [0.1, 0.15) is 5.78 Å². The molecule has 0 bridgehead atoms. The Morgan fingerprint density at radius 1 is 1.10 bits per heavy atom. The molecule has 0 N–H and O–H groups in total. The maximum Gasteiger partial charge on any atom is 0.306 e. The van der Waals surface area contributed by atoms with Gasteiger partial charge in [-0.05, 0) is 58.3 Å². The number of Topliss-reactive ketones (excluding diaryl/α,β-unsaturated/α-hetero) is 1. The molecule has 0 aromatic carbocycles. The molecule has 0 aliphatic heterocycles. The highest BCUT2D eigenvalue weighted by Gasteiger charge is 2.21. The standard InChI is InChI=1S/C16H30O.C10H18O2/c1-3-4-5-6-7-8-14(2)9-10-15-11-12-16(17)13-15;1-4-5-6-7-8-10(11)12-9(2)3/h14-15H,3-13H2,1-2H3;4-5,9H,6-8H2,1-3H3/b;5-4-/t14?,15-;/m0./s1. The van der Waals surface area contributed by atoms with E-state index < -0.39 is 0 Å². The van der Waals surface area contributed by atoms with E-state index >= 15 is 0 Å². The van der Waals surface area contributed by atoms with Crippen molar-refractivity contribution >= 4 is 11.8 Å². The first kappa shape index (κ1) is 27.9. The number of ether oxygens (including phenoxy) is 1. The topological polar surface area (TPSA) is 43.4 Å². The van der Waals surface area contributed by atoms with Gasteiger partial charge >= 0.3 is 5.97 Å². The molecule has 3 heteroatoms. The smallest absolute Gasteiger partial charge is 0.306 e. The summed E-state index contributed by atoms with van der Waals surface area (Å²) in [6.45, 7) is 10.4. The third-order valence-electron chi connectivity index (χ3n) is 5.57. The molecule has 1 fully saturated rings. The minimum Gasteiger partial charge on any atom is -0.463 e. The molecule has 0 aromatic heterocycles. The summed E-state index contributed by atoms with van der Waals surface area (Å²) in [5.74, 6) is 2.01. The minimum atomic E-state index is -0.0884. The second-order valence-electron chi connectivity index (χ2n) is 9.03. The number of rotatable bonds is 14. The lowest BCUT2D eigenvalue weighted by atomic mass is 9.92. The Hall–Kier alpha value is -1.12. The van der Waals surface area contributed by atoms with Gasteiger partial charge in [-0.15, -0.1) is 0 Å². The minimum absolute atomic E-state index is 0.0132. The highest BCUT2D eigenvalue weighted by molar-refractivity contribution is 5.80. The van der Waals surface area contributed by atoms with Crippen LogP contribution in [0.1, 0.15) is 125 Å². The van der Waals surface area contributed by atoms with Gasteiger partial charge in [0.2, 0.25) is 0 Å². The van der Waals surface area contributed by atoms with Crippen LogP contribution in [-0.2, 0) is 14.3 Å². The highest BCUT2D eigenvalue weighted by Crippen LogP contribution is 2.28. The second kappa shape index (κ2) is 18.9. The van der Waals surface area contributed by atoms with Gasteiger partial charge in [0.25, 0.3) is 0 Å². The van der Waals surface area contributed by atoms with Crippen LogP contribution in [-0.4, -0.2) is 17.9 Å². The van der Waals surface area contributed by atoms with Gasteiger partial charge in [-0.25, -0.2) is 0 Å². The van der Waals surface area contributed by atoms with Crippen molar-refractivity contribution in [1.29, 1.82) is 0 Å². The Morgan fingerprint density at radius 3 is 2.41 bits per heavy atom. The van der Waals surface area contributed by atoms with Gasteiger partial charge in [0, 0.05) is 19.3 Å². The maximum atomic E-state index is 11.2. The predicted molar refractivity (Wildman–Crippen MR) is 124 cm³/mol. The second-order valence-corrected chi connectivity index (χ2v) is 9.03. The Bertz CT molecular complexity index is 439. The van der Waals surface area contributed by atoms with E-state index in [1.807, 2.05) is 26.8 Å². The largest absolute Gasteiger partial charge is 0.463 e. The predicted octanol–water partition coefficient (Wildman–Crippen LogP) is 7.82. The fraction of sp³-hybridized carbons (Fsp3) is 0.846. The molecule has 1 rings (SSSR count). The first-order valence-corrected chi connectivity index (χ1v) is 12.2. The van der Waals surface area contributed by atoms with Crippen LogP contribution in [0.25, 0.3) is 0 Å². The number of ketones is 1. The Kier molecular flexibility index (Phi) is 18.2. The average Bonchev–Trinajstić information content (AvgIpc) is 3.09. The van der Waals surface area contributed by atoms with E-state index in [1.165, 1.54) is 57.8 Å². The molecule has 1 unspecified atom stereocenters. The van der Waals surface area contributed by atoms with Crippen LogP contribution in [0.2, 0.25) is 0 Å². The molecule has 3 nitrogen and oxygen atoms in total. The van der Waals surface area contributed by atoms with E-state index in [0.717, 1.165) is 37.5 Å². The summed E-state index contributed by atoms with van der Waals surface area (Å²) >= 11 is 0. The molecule has 0 saturated heterocycles. The van der Waals surface area contributed by atoms with E-state index in [0.29, 0.717) is 12.2 Å². The van der Waals surface area contributed by atoms with Crippen LogP contribution in [0.3, 0.4) is 0 Å². The molecule has 0 radical (unpaired) electrons. The van der Waals surface area contributed by atoms with Crippen LogP contribution in [0.15, 0.2) is 12.2 Å². The third kappa shape index (κ3) is 18.6. The van der Waals surface area contributed by atoms with Gasteiger partial charge in [-0.2, -0.15) is 0 Å². The summed E-state index contributed by atoms with van der Waals surface area (Å²) in [5.41, 5.74) is 0. The number of carbonyl (C=O) groups excluding carboxylic acids is 2. The monoisotopic (exact) mass is 408 g/mol. The van der Waals surface area contributed by atoms with Gasteiger partial charge in [0.05, 0.1) is 6.10 Å². The third-order valence-corrected chi connectivity index (χ3v) is 5.57. The van der Waals surface area contributed by atoms with E-state index in [9.17, 15) is 9.59 Å². The normalized spacial score (nSPS) is 17.4. The average molecular weight is 409 g/mol. The zero-order valence-electron chi connectivity index (χ0n) is 20.0. The summed E-state index contributed by atoms with van der Waals surface area (Å²) in [6.07, 6.45) is 20.4. The maximum absolute atomic E-state index is 11.2. The van der Waals surface area contributed by atoms with Crippen molar-refractivity contribution in [3.8, 4) is 0 Å². The zero-order valence-corrected chi connectivity index (χ0v) is 20.0.